The Morgan fingerprint density at radius 2 is 2.13 bits per heavy atom. The van der Waals surface area contributed by atoms with Crippen LogP contribution in [0.1, 0.15) is 24.8 Å². The van der Waals surface area contributed by atoms with Crippen LogP contribution < -0.4 is 5.43 Å². The van der Waals surface area contributed by atoms with Crippen molar-refractivity contribution in [1.82, 2.24) is 19.6 Å². The number of halogens is 2. The number of fused-ring (bicyclic) bond motifs is 2. The molecule has 0 spiro atoms. The van der Waals surface area contributed by atoms with Crippen molar-refractivity contribution in [2.24, 2.45) is 5.29 Å². The Bertz CT molecular complexity index is 1200. The van der Waals surface area contributed by atoms with Crippen molar-refractivity contribution in [3.05, 3.63) is 52.0 Å². The Morgan fingerprint density at radius 1 is 1.33 bits per heavy atom. The largest absolute Gasteiger partial charge is 0.384 e. The summed E-state index contributed by atoms with van der Waals surface area (Å²) in [6.45, 7) is 0.363. The van der Waals surface area contributed by atoms with Gasteiger partial charge in [0.2, 0.25) is 0 Å². The molecule has 0 radical (unpaired) electrons. The molecule has 0 atom stereocenters. The molecular formula is C20H20ClFN6O2. The maximum absolute atomic E-state index is 15.0. The quantitative estimate of drug-likeness (QED) is 0.327. The molecule has 2 N–H and O–H groups in total. The highest BCUT2D eigenvalue weighted by atomic mass is 35.5. The topological polar surface area (TPSA) is 96.7 Å². The number of benzene rings is 1. The summed E-state index contributed by atoms with van der Waals surface area (Å²) in [5.41, 5.74) is 5.08. The molecule has 1 aliphatic rings. The normalized spacial score (nSPS) is 12.6. The summed E-state index contributed by atoms with van der Waals surface area (Å²) < 4.78 is 21.7. The van der Waals surface area contributed by atoms with E-state index in [2.05, 4.69) is 25.9 Å². The standard InChI is InChI=1S/C17H14ClFN6O2.C3H6/c1-27-5-4-10-16(19)15(18)14(11-6-20-23-17(10)11)9-2-3-13-21-12(22-24-26)8-25(13)7-9;1-2-3-1/h2-3,6-8H,4-5H2,1H3,(H,20,23)(H,22,26);1-3H2. The second-order valence-electron chi connectivity index (χ2n) is 6.96. The van der Waals surface area contributed by atoms with Gasteiger partial charge in [-0.3, -0.25) is 5.10 Å². The minimum atomic E-state index is -0.501. The molecular weight excluding hydrogens is 411 g/mol. The van der Waals surface area contributed by atoms with E-state index in [0.717, 1.165) is 0 Å². The summed E-state index contributed by atoms with van der Waals surface area (Å²) in [6, 6.07) is 3.52. The molecule has 1 saturated carbocycles. The van der Waals surface area contributed by atoms with Crippen molar-refractivity contribution >= 4 is 34.0 Å². The molecule has 10 heteroatoms. The first kappa shape index (κ1) is 20.2. The lowest BCUT2D eigenvalue weighted by Gasteiger charge is -2.12. The number of hydrogen-bond donors (Lipinski definition) is 2. The first-order valence-electron chi connectivity index (χ1n) is 9.53. The number of nitrogens with zero attached hydrogens (tertiary/aromatic N) is 4. The van der Waals surface area contributed by atoms with E-state index in [4.69, 9.17) is 16.3 Å². The van der Waals surface area contributed by atoms with Crippen molar-refractivity contribution in [3.8, 4) is 11.1 Å². The SMILES string of the molecule is C1CC1.COCCc1c(F)c(Cl)c(-c2ccc3nc(NN=O)cn3c2)c2cn[nH]c12. The van der Waals surface area contributed by atoms with E-state index in [1.54, 1.807) is 42.2 Å². The number of aromatic amines is 1. The van der Waals surface area contributed by atoms with E-state index in [9.17, 15) is 9.30 Å². The molecule has 3 aromatic heterocycles. The summed E-state index contributed by atoms with van der Waals surface area (Å²) >= 11 is 6.40. The highest BCUT2D eigenvalue weighted by Gasteiger charge is 2.21. The fourth-order valence-electron chi connectivity index (χ4n) is 3.14. The van der Waals surface area contributed by atoms with E-state index in [1.807, 2.05) is 0 Å². The first-order chi connectivity index (χ1) is 14.6. The van der Waals surface area contributed by atoms with Crippen LogP contribution in [0.2, 0.25) is 5.02 Å². The second kappa shape index (κ2) is 8.76. The molecule has 8 nitrogen and oxygen atoms in total. The summed E-state index contributed by atoms with van der Waals surface area (Å²) in [4.78, 5) is 14.6. The van der Waals surface area contributed by atoms with Gasteiger partial charge in [-0.05, 0) is 12.1 Å². The Morgan fingerprint density at radius 3 is 2.83 bits per heavy atom. The van der Waals surface area contributed by atoms with Gasteiger partial charge in [0.25, 0.3) is 0 Å². The number of methoxy groups -OCH3 is 1. The van der Waals surface area contributed by atoms with Crippen molar-refractivity contribution in [3.63, 3.8) is 0 Å². The fraction of sp³-hybridized carbons (Fsp3) is 0.300. The molecule has 0 bridgehead atoms. The van der Waals surface area contributed by atoms with Crippen molar-refractivity contribution in [2.75, 3.05) is 19.1 Å². The minimum Gasteiger partial charge on any atom is -0.384 e. The smallest absolute Gasteiger partial charge is 0.168 e. The average Bonchev–Trinajstić information content (AvgIpc) is 3.46. The van der Waals surface area contributed by atoms with Crippen molar-refractivity contribution in [2.45, 2.75) is 25.7 Å². The molecule has 1 fully saturated rings. The summed E-state index contributed by atoms with van der Waals surface area (Å²) in [5.74, 6) is -0.193. The van der Waals surface area contributed by atoms with Gasteiger partial charge in [-0.2, -0.15) is 5.10 Å². The zero-order chi connectivity index (χ0) is 21.1. The van der Waals surface area contributed by atoms with Crippen LogP contribution in [0, 0.1) is 10.7 Å². The Hall–Kier alpha value is -3.04. The first-order valence-corrected chi connectivity index (χ1v) is 9.91. The predicted octanol–water partition coefficient (Wildman–Crippen LogP) is 5.12. The molecule has 30 heavy (non-hydrogen) atoms. The lowest BCUT2D eigenvalue weighted by Crippen LogP contribution is -2.01. The van der Waals surface area contributed by atoms with E-state index in [1.165, 1.54) is 19.3 Å². The Kier molecular flexibility index (Phi) is 5.91. The monoisotopic (exact) mass is 430 g/mol. The van der Waals surface area contributed by atoms with E-state index < -0.39 is 5.82 Å². The van der Waals surface area contributed by atoms with Crippen LogP contribution in [0.25, 0.3) is 27.7 Å². The number of imidazole rings is 1. The highest BCUT2D eigenvalue weighted by Crippen LogP contribution is 2.39. The lowest BCUT2D eigenvalue weighted by atomic mass is 9.98. The van der Waals surface area contributed by atoms with Crippen molar-refractivity contribution < 1.29 is 9.13 Å². The molecule has 0 unspecified atom stereocenters. The number of hydrogen-bond acceptors (Lipinski definition) is 5. The van der Waals surface area contributed by atoms with Crippen LogP contribution >= 0.6 is 11.6 Å². The zero-order valence-electron chi connectivity index (χ0n) is 16.3. The van der Waals surface area contributed by atoms with Crippen LogP contribution in [0.5, 0.6) is 0 Å². The molecule has 0 saturated heterocycles. The number of anilines is 1. The number of pyridine rings is 1. The van der Waals surface area contributed by atoms with E-state index >= 15 is 0 Å². The predicted molar refractivity (Wildman–Crippen MR) is 114 cm³/mol. The summed E-state index contributed by atoms with van der Waals surface area (Å²) in [7, 11) is 1.56. The van der Waals surface area contributed by atoms with Crippen molar-refractivity contribution in [1.29, 1.82) is 0 Å². The van der Waals surface area contributed by atoms with Gasteiger partial charge in [0.1, 0.15) is 11.5 Å². The number of H-pyrrole nitrogens is 1. The Labute approximate surface area is 176 Å². The maximum atomic E-state index is 15.0. The third-order valence-corrected chi connectivity index (χ3v) is 5.05. The van der Waals surface area contributed by atoms with Crippen LogP contribution in [0.3, 0.4) is 0 Å². The van der Waals surface area contributed by atoms with E-state index in [0.29, 0.717) is 52.1 Å². The lowest BCUT2D eigenvalue weighted by molar-refractivity contribution is 0.201. The summed E-state index contributed by atoms with van der Waals surface area (Å²) in [5, 5.41) is 10.2. The molecule has 4 aromatic rings. The molecule has 3 heterocycles. The zero-order valence-corrected chi connectivity index (χ0v) is 17.0. The number of ether oxygens (including phenoxy) is 1. The van der Waals surface area contributed by atoms with Gasteiger partial charge in [0, 0.05) is 41.8 Å². The molecule has 5 rings (SSSR count). The average molecular weight is 431 g/mol. The number of nitrogens with one attached hydrogen (secondary N) is 2. The van der Waals surface area contributed by atoms with Gasteiger partial charge in [-0.1, -0.05) is 30.9 Å². The van der Waals surface area contributed by atoms with Crippen LogP contribution in [0.15, 0.2) is 36.0 Å². The van der Waals surface area contributed by atoms with Gasteiger partial charge in [0.15, 0.2) is 5.82 Å². The van der Waals surface area contributed by atoms with Crippen LogP contribution in [-0.2, 0) is 11.2 Å². The highest BCUT2D eigenvalue weighted by molar-refractivity contribution is 6.35. The third kappa shape index (κ3) is 3.99. The van der Waals surface area contributed by atoms with Gasteiger partial charge in [-0.25, -0.2) is 14.8 Å². The molecule has 156 valence electrons. The minimum absolute atomic E-state index is 0.0161. The molecule has 1 aromatic carbocycles. The fourth-order valence-corrected chi connectivity index (χ4v) is 3.46. The van der Waals surface area contributed by atoms with Gasteiger partial charge in [0.05, 0.1) is 34.8 Å². The summed E-state index contributed by atoms with van der Waals surface area (Å²) in [6.07, 6.45) is 9.84. The number of nitroso groups, excluding NO2 is 1. The van der Waals surface area contributed by atoms with Gasteiger partial charge < -0.3 is 9.14 Å². The molecule has 0 aliphatic heterocycles. The number of aromatic nitrogens is 4. The van der Waals surface area contributed by atoms with Crippen LogP contribution in [0.4, 0.5) is 10.2 Å². The van der Waals surface area contributed by atoms with E-state index in [-0.39, 0.29) is 5.02 Å². The molecule has 1 aliphatic carbocycles. The third-order valence-electron chi connectivity index (χ3n) is 4.70. The second-order valence-corrected chi connectivity index (χ2v) is 7.33. The molecule has 0 amide bonds. The van der Waals surface area contributed by atoms with Gasteiger partial charge >= 0.3 is 0 Å². The Balaban J connectivity index is 0.000000667. The van der Waals surface area contributed by atoms with Crippen LogP contribution in [-0.4, -0.2) is 33.3 Å². The van der Waals surface area contributed by atoms with Gasteiger partial charge in [-0.15, -0.1) is 4.91 Å². The maximum Gasteiger partial charge on any atom is 0.168 e. The number of rotatable bonds is 6.